The third-order valence-corrected chi connectivity index (χ3v) is 2.52. The second kappa shape index (κ2) is 4.02. The Morgan fingerprint density at radius 3 is 3.07 bits per heavy atom. The molecule has 1 aromatic rings. The van der Waals surface area contributed by atoms with Gasteiger partial charge in [-0.1, -0.05) is 13.3 Å². The number of H-pyrrole nitrogens is 1. The van der Waals surface area contributed by atoms with Crippen molar-refractivity contribution in [2.45, 2.75) is 25.9 Å². The topological polar surface area (TPSA) is 69.2 Å². The van der Waals surface area contributed by atoms with Crippen molar-refractivity contribution in [3.05, 3.63) is 17.5 Å². The van der Waals surface area contributed by atoms with Crippen molar-refractivity contribution in [2.24, 2.45) is 0 Å². The third-order valence-electron chi connectivity index (χ3n) is 2.52. The molecule has 1 fully saturated rings. The van der Waals surface area contributed by atoms with E-state index >= 15 is 0 Å². The summed E-state index contributed by atoms with van der Waals surface area (Å²) in [5.74, 6) is -0.0982. The van der Waals surface area contributed by atoms with Crippen LogP contribution in [-0.2, 0) is 6.42 Å². The molecule has 0 aromatic carbocycles. The molecule has 15 heavy (non-hydrogen) atoms. The number of aromatic nitrogens is 2. The number of aliphatic hydroxyl groups is 1. The highest BCUT2D eigenvalue weighted by Gasteiger charge is 2.30. The predicted octanol–water partition coefficient (Wildman–Crippen LogP) is 0.179. The average Bonchev–Trinajstić information content (AvgIpc) is 2.61. The van der Waals surface area contributed by atoms with Crippen LogP contribution in [0.4, 0.5) is 0 Å². The van der Waals surface area contributed by atoms with E-state index in [0.29, 0.717) is 18.8 Å². The van der Waals surface area contributed by atoms with Gasteiger partial charge in [-0.2, -0.15) is 5.10 Å². The number of aromatic amines is 1. The minimum Gasteiger partial charge on any atom is -0.389 e. The largest absolute Gasteiger partial charge is 0.389 e. The highest BCUT2D eigenvalue weighted by molar-refractivity contribution is 5.93. The van der Waals surface area contributed by atoms with E-state index < -0.39 is 0 Å². The molecule has 1 saturated heterocycles. The lowest BCUT2D eigenvalue weighted by Crippen LogP contribution is -2.53. The van der Waals surface area contributed by atoms with E-state index in [1.165, 1.54) is 0 Å². The number of nitrogens with zero attached hydrogens (tertiary/aromatic N) is 2. The van der Waals surface area contributed by atoms with Gasteiger partial charge in [-0.15, -0.1) is 0 Å². The van der Waals surface area contributed by atoms with Crippen molar-refractivity contribution in [3.8, 4) is 0 Å². The maximum Gasteiger partial charge on any atom is 0.274 e. The lowest BCUT2D eigenvalue weighted by Gasteiger charge is -2.35. The molecule has 1 aliphatic rings. The molecule has 82 valence electrons. The van der Waals surface area contributed by atoms with Gasteiger partial charge in [-0.05, 0) is 12.5 Å². The first kappa shape index (κ1) is 10.2. The Morgan fingerprint density at radius 1 is 1.73 bits per heavy atom. The van der Waals surface area contributed by atoms with Crippen molar-refractivity contribution < 1.29 is 9.90 Å². The Hall–Kier alpha value is -1.36. The van der Waals surface area contributed by atoms with Crippen LogP contribution in [0.1, 0.15) is 29.5 Å². The Kier molecular flexibility index (Phi) is 2.73. The Bertz CT molecular complexity index is 355. The zero-order valence-electron chi connectivity index (χ0n) is 8.73. The van der Waals surface area contributed by atoms with Crippen molar-refractivity contribution in [1.29, 1.82) is 0 Å². The standard InChI is InChI=1S/C10H15N3O2/c1-2-3-7-4-9(12-11-7)10(15)13-5-8(14)6-13/h4,8,14H,2-3,5-6H2,1H3,(H,11,12). The van der Waals surface area contributed by atoms with Crippen LogP contribution in [-0.4, -0.2) is 45.3 Å². The second-order valence-electron chi connectivity index (χ2n) is 3.89. The summed E-state index contributed by atoms with van der Waals surface area (Å²) in [6.07, 6.45) is 1.57. The maximum absolute atomic E-state index is 11.7. The molecule has 2 rings (SSSR count). The maximum atomic E-state index is 11.7. The summed E-state index contributed by atoms with van der Waals surface area (Å²) >= 11 is 0. The van der Waals surface area contributed by atoms with Gasteiger partial charge < -0.3 is 10.0 Å². The molecule has 0 unspecified atom stereocenters. The number of hydrogen-bond donors (Lipinski definition) is 2. The van der Waals surface area contributed by atoms with Crippen LogP contribution in [0, 0.1) is 0 Å². The van der Waals surface area contributed by atoms with Crippen molar-refractivity contribution in [3.63, 3.8) is 0 Å². The molecule has 0 saturated carbocycles. The normalized spacial score (nSPS) is 16.5. The Balaban J connectivity index is 1.99. The molecule has 1 aromatic heterocycles. The predicted molar refractivity (Wildman–Crippen MR) is 54.5 cm³/mol. The first-order valence-electron chi connectivity index (χ1n) is 5.22. The lowest BCUT2D eigenvalue weighted by molar-refractivity contribution is 0.00550. The first-order valence-corrected chi connectivity index (χ1v) is 5.22. The van der Waals surface area contributed by atoms with Gasteiger partial charge in [0.15, 0.2) is 0 Å². The fourth-order valence-electron chi connectivity index (χ4n) is 1.65. The summed E-state index contributed by atoms with van der Waals surface area (Å²) in [4.78, 5) is 13.3. The first-order chi connectivity index (χ1) is 7.20. The van der Waals surface area contributed by atoms with Crippen LogP contribution in [0.15, 0.2) is 6.07 Å². The number of carbonyl (C=O) groups excluding carboxylic acids is 1. The number of aliphatic hydroxyl groups excluding tert-OH is 1. The van der Waals surface area contributed by atoms with E-state index in [0.717, 1.165) is 18.5 Å². The fourth-order valence-corrected chi connectivity index (χ4v) is 1.65. The number of likely N-dealkylation sites (tertiary alicyclic amines) is 1. The molecule has 1 aliphatic heterocycles. The van der Waals surface area contributed by atoms with Crippen LogP contribution in [0.2, 0.25) is 0 Å². The molecular weight excluding hydrogens is 194 g/mol. The average molecular weight is 209 g/mol. The van der Waals surface area contributed by atoms with Crippen LogP contribution in [0.5, 0.6) is 0 Å². The number of β-amino-alcohol motifs (C(OH)–C–C–N with tert-alkyl or cyclic N) is 1. The number of carbonyl (C=O) groups is 1. The van der Waals surface area contributed by atoms with Crippen molar-refractivity contribution in [1.82, 2.24) is 15.1 Å². The van der Waals surface area contributed by atoms with E-state index in [2.05, 4.69) is 17.1 Å². The van der Waals surface area contributed by atoms with Gasteiger partial charge in [-0.25, -0.2) is 0 Å². The second-order valence-corrected chi connectivity index (χ2v) is 3.89. The number of amides is 1. The highest BCUT2D eigenvalue weighted by Crippen LogP contribution is 2.12. The molecule has 0 aliphatic carbocycles. The van der Waals surface area contributed by atoms with Gasteiger partial charge in [0.25, 0.3) is 5.91 Å². The Labute approximate surface area is 88.1 Å². The molecule has 5 heteroatoms. The molecule has 1 amide bonds. The summed E-state index contributed by atoms with van der Waals surface area (Å²) in [6, 6.07) is 1.79. The number of aryl methyl sites for hydroxylation is 1. The summed E-state index contributed by atoms with van der Waals surface area (Å²) in [5.41, 5.74) is 1.44. The molecular formula is C10H15N3O2. The van der Waals surface area contributed by atoms with Gasteiger partial charge in [-0.3, -0.25) is 9.89 Å². The van der Waals surface area contributed by atoms with Gasteiger partial charge in [0.1, 0.15) is 5.69 Å². The van der Waals surface area contributed by atoms with Crippen LogP contribution in [0.3, 0.4) is 0 Å². The van der Waals surface area contributed by atoms with Gasteiger partial charge in [0.2, 0.25) is 0 Å². The van der Waals surface area contributed by atoms with E-state index in [-0.39, 0.29) is 12.0 Å². The SMILES string of the molecule is CCCc1cc(C(=O)N2CC(O)C2)n[nH]1. The van der Waals surface area contributed by atoms with E-state index in [1.807, 2.05) is 0 Å². The van der Waals surface area contributed by atoms with Crippen LogP contribution in [0.25, 0.3) is 0 Å². The molecule has 0 atom stereocenters. The van der Waals surface area contributed by atoms with E-state index in [4.69, 9.17) is 5.11 Å². The van der Waals surface area contributed by atoms with Crippen molar-refractivity contribution in [2.75, 3.05) is 13.1 Å². The molecule has 5 nitrogen and oxygen atoms in total. The molecule has 0 bridgehead atoms. The van der Waals surface area contributed by atoms with Gasteiger partial charge in [0.05, 0.1) is 6.10 Å². The summed E-state index contributed by atoms with van der Waals surface area (Å²) in [7, 11) is 0. The number of nitrogens with one attached hydrogen (secondary N) is 1. The Morgan fingerprint density at radius 2 is 2.47 bits per heavy atom. The molecule has 0 spiro atoms. The highest BCUT2D eigenvalue weighted by atomic mass is 16.3. The molecule has 2 N–H and O–H groups in total. The minimum atomic E-state index is -0.358. The van der Waals surface area contributed by atoms with Gasteiger partial charge in [0, 0.05) is 18.8 Å². The quantitative estimate of drug-likeness (QED) is 0.746. The third kappa shape index (κ3) is 2.02. The lowest BCUT2D eigenvalue weighted by atomic mass is 10.1. The summed E-state index contributed by atoms with van der Waals surface area (Å²) < 4.78 is 0. The van der Waals surface area contributed by atoms with Crippen LogP contribution < -0.4 is 0 Å². The zero-order valence-corrected chi connectivity index (χ0v) is 8.73. The summed E-state index contributed by atoms with van der Waals surface area (Å²) in [6.45, 7) is 2.93. The van der Waals surface area contributed by atoms with Crippen LogP contribution >= 0.6 is 0 Å². The molecule has 2 heterocycles. The summed E-state index contributed by atoms with van der Waals surface area (Å²) in [5, 5.41) is 15.9. The monoisotopic (exact) mass is 209 g/mol. The van der Waals surface area contributed by atoms with E-state index in [9.17, 15) is 4.79 Å². The minimum absolute atomic E-state index is 0.0982. The zero-order chi connectivity index (χ0) is 10.8. The fraction of sp³-hybridized carbons (Fsp3) is 0.600. The van der Waals surface area contributed by atoms with E-state index in [1.54, 1.807) is 11.0 Å². The molecule has 0 radical (unpaired) electrons. The number of hydrogen-bond acceptors (Lipinski definition) is 3. The smallest absolute Gasteiger partial charge is 0.274 e. The van der Waals surface area contributed by atoms with Gasteiger partial charge >= 0.3 is 0 Å². The number of rotatable bonds is 3. The van der Waals surface area contributed by atoms with Crippen molar-refractivity contribution >= 4 is 5.91 Å².